The molecule has 1 N–H and O–H groups in total. The molecule has 0 aromatic heterocycles. The molecule has 0 unspecified atom stereocenters. The van der Waals surface area contributed by atoms with Gasteiger partial charge in [0.15, 0.2) is 0 Å². The van der Waals surface area contributed by atoms with Gasteiger partial charge in [0, 0.05) is 24.9 Å². The second-order valence-corrected chi connectivity index (χ2v) is 9.66. The van der Waals surface area contributed by atoms with E-state index in [0.29, 0.717) is 32.7 Å². The minimum atomic E-state index is -0.553. The van der Waals surface area contributed by atoms with Crippen molar-refractivity contribution < 1.29 is 19.1 Å². The summed E-state index contributed by atoms with van der Waals surface area (Å²) in [5.41, 5.74) is 1.67. The van der Waals surface area contributed by atoms with Gasteiger partial charge in [0.05, 0.1) is 19.3 Å². The van der Waals surface area contributed by atoms with Crippen molar-refractivity contribution in [3.8, 4) is 0 Å². The Kier molecular flexibility index (Phi) is 8.50. The van der Waals surface area contributed by atoms with Crippen LogP contribution in [-0.4, -0.2) is 42.2 Å². The van der Waals surface area contributed by atoms with Crippen LogP contribution in [0.4, 0.5) is 4.79 Å². The lowest BCUT2D eigenvalue weighted by Crippen LogP contribution is -2.35. The molecule has 33 heavy (non-hydrogen) atoms. The highest BCUT2D eigenvalue weighted by Crippen LogP contribution is 2.34. The average Bonchev–Trinajstić information content (AvgIpc) is 3.09. The number of amides is 2. The third-order valence-corrected chi connectivity index (χ3v) is 5.92. The van der Waals surface area contributed by atoms with Crippen molar-refractivity contribution in [2.45, 2.75) is 52.4 Å². The van der Waals surface area contributed by atoms with Gasteiger partial charge in [-0.15, -0.1) is 0 Å². The Morgan fingerprint density at radius 3 is 2.36 bits per heavy atom. The van der Waals surface area contributed by atoms with Crippen molar-refractivity contribution in [1.29, 1.82) is 0 Å². The summed E-state index contributed by atoms with van der Waals surface area (Å²) in [5.74, 6) is -0.0275. The van der Waals surface area contributed by atoms with E-state index in [1.54, 1.807) is 0 Å². The van der Waals surface area contributed by atoms with Gasteiger partial charge in [-0.2, -0.15) is 0 Å². The molecule has 1 aliphatic heterocycles. The Labute approximate surface area is 197 Å². The van der Waals surface area contributed by atoms with Gasteiger partial charge in [-0.3, -0.25) is 4.79 Å². The zero-order valence-electron chi connectivity index (χ0n) is 20.1. The topological polar surface area (TPSA) is 67.9 Å². The van der Waals surface area contributed by atoms with E-state index in [4.69, 9.17) is 9.47 Å². The van der Waals surface area contributed by atoms with Crippen molar-refractivity contribution in [2.75, 3.05) is 19.7 Å². The van der Waals surface area contributed by atoms with Gasteiger partial charge in [0.1, 0.15) is 5.60 Å². The molecule has 6 heteroatoms. The predicted molar refractivity (Wildman–Crippen MR) is 129 cm³/mol. The molecule has 0 bridgehead atoms. The summed E-state index contributed by atoms with van der Waals surface area (Å²) < 4.78 is 11.3. The third-order valence-electron chi connectivity index (χ3n) is 5.92. The Morgan fingerprint density at radius 1 is 1.09 bits per heavy atom. The van der Waals surface area contributed by atoms with Gasteiger partial charge in [-0.25, -0.2) is 4.79 Å². The van der Waals surface area contributed by atoms with Crippen molar-refractivity contribution in [3.63, 3.8) is 0 Å². The van der Waals surface area contributed by atoms with Crippen LogP contribution in [0.5, 0.6) is 0 Å². The molecule has 178 valence electrons. The van der Waals surface area contributed by atoms with Crippen LogP contribution in [-0.2, 0) is 20.9 Å². The van der Waals surface area contributed by atoms with Gasteiger partial charge in [-0.05, 0) is 45.2 Å². The lowest BCUT2D eigenvalue weighted by atomic mass is 9.93. The summed E-state index contributed by atoms with van der Waals surface area (Å²) in [6.07, 6.45) is 0.0921. The fourth-order valence-electron chi connectivity index (χ4n) is 4.22. The van der Waals surface area contributed by atoms with Crippen LogP contribution in [0.3, 0.4) is 0 Å². The summed E-state index contributed by atoms with van der Waals surface area (Å²) in [4.78, 5) is 27.4. The van der Waals surface area contributed by atoms with Gasteiger partial charge in [0.25, 0.3) is 0 Å². The quantitative estimate of drug-likeness (QED) is 0.584. The predicted octanol–water partition coefficient (Wildman–Crippen LogP) is 4.95. The Balaban J connectivity index is 1.63. The molecule has 1 aliphatic rings. The van der Waals surface area contributed by atoms with Crippen molar-refractivity contribution in [1.82, 2.24) is 10.2 Å². The van der Waals surface area contributed by atoms with E-state index in [1.807, 2.05) is 74.2 Å². The highest BCUT2D eigenvalue weighted by Gasteiger charge is 2.42. The number of nitrogens with zero attached hydrogens (tertiary/aromatic N) is 1. The zero-order chi connectivity index (χ0) is 23.8. The van der Waals surface area contributed by atoms with E-state index in [2.05, 4.69) is 24.4 Å². The van der Waals surface area contributed by atoms with Crippen LogP contribution in [0, 0.1) is 11.8 Å². The molecule has 2 aromatic carbocycles. The first-order valence-corrected chi connectivity index (χ1v) is 11.7. The van der Waals surface area contributed by atoms with Crippen LogP contribution in [0.15, 0.2) is 60.7 Å². The number of hydrogen-bond donors (Lipinski definition) is 1. The largest absolute Gasteiger partial charge is 0.444 e. The number of ether oxygens (including phenoxy) is 2. The van der Waals surface area contributed by atoms with Crippen LogP contribution < -0.4 is 5.32 Å². The van der Waals surface area contributed by atoms with Gasteiger partial charge in [0.2, 0.25) is 5.91 Å². The van der Waals surface area contributed by atoms with Crippen LogP contribution in [0.1, 0.15) is 51.3 Å². The molecule has 1 heterocycles. The number of rotatable bonds is 9. The maximum atomic E-state index is 13.4. The third kappa shape index (κ3) is 7.32. The SMILES string of the molecule is C[C@H](c1ccccc1)N1C[C@H](COCc2ccccc2)[C@@H](CCNC(=O)OC(C)(C)C)C1=O. The fourth-order valence-corrected chi connectivity index (χ4v) is 4.22. The minimum Gasteiger partial charge on any atom is -0.444 e. The minimum absolute atomic E-state index is 0.0147. The first kappa shape index (κ1) is 24.8. The van der Waals surface area contributed by atoms with Crippen molar-refractivity contribution in [2.24, 2.45) is 11.8 Å². The van der Waals surface area contributed by atoms with Crippen molar-refractivity contribution >= 4 is 12.0 Å². The molecule has 2 aromatic rings. The number of likely N-dealkylation sites (tertiary alicyclic amines) is 1. The number of hydrogen-bond acceptors (Lipinski definition) is 4. The van der Waals surface area contributed by atoms with Crippen molar-refractivity contribution in [3.05, 3.63) is 71.8 Å². The van der Waals surface area contributed by atoms with E-state index in [9.17, 15) is 9.59 Å². The standard InChI is InChI=1S/C27H36N2O4/c1-20(22-13-9-6-10-14-22)29-17-23(19-32-18-21-11-7-5-8-12-21)24(25(29)30)15-16-28-26(31)33-27(2,3)4/h5-14,20,23-24H,15-19H2,1-4H3,(H,28,31)/t20-,23-,24-/m1/s1. The Bertz CT molecular complexity index is 895. The smallest absolute Gasteiger partial charge is 0.407 e. The van der Waals surface area contributed by atoms with Crippen LogP contribution in [0.25, 0.3) is 0 Å². The summed E-state index contributed by atoms with van der Waals surface area (Å²) in [7, 11) is 0. The molecule has 2 amide bonds. The van der Waals surface area contributed by atoms with Gasteiger partial charge < -0.3 is 19.7 Å². The lowest BCUT2D eigenvalue weighted by Gasteiger charge is -2.25. The second kappa shape index (κ2) is 11.3. The average molecular weight is 453 g/mol. The molecule has 1 fully saturated rings. The summed E-state index contributed by atoms with van der Waals surface area (Å²) in [5, 5.41) is 2.79. The van der Waals surface area contributed by atoms with E-state index < -0.39 is 11.7 Å². The first-order chi connectivity index (χ1) is 15.7. The molecule has 0 spiro atoms. The molecule has 0 saturated carbocycles. The number of carbonyl (C=O) groups is 2. The summed E-state index contributed by atoms with van der Waals surface area (Å²) >= 11 is 0. The molecule has 3 rings (SSSR count). The van der Waals surface area contributed by atoms with E-state index in [-0.39, 0.29) is 23.8 Å². The van der Waals surface area contributed by atoms with Crippen LogP contribution in [0.2, 0.25) is 0 Å². The number of alkyl carbamates (subject to hydrolysis) is 1. The molecule has 0 aliphatic carbocycles. The monoisotopic (exact) mass is 452 g/mol. The number of carbonyl (C=O) groups excluding carboxylic acids is 2. The van der Waals surface area contributed by atoms with E-state index in [1.165, 1.54) is 0 Å². The Hall–Kier alpha value is -2.86. The van der Waals surface area contributed by atoms with E-state index >= 15 is 0 Å². The van der Waals surface area contributed by atoms with E-state index in [0.717, 1.165) is 11.1 Å². The van der Waals surface area contributed by atoms with Gasteiger partial charge in [-0.1, -0.05) is 60.7 Å². The lowest BCUT2D eigenvalue weighted by molar-refractivity contribution is -0.133. The molecule has 0 radical (unpaired) electrons. The second-order valence-electron chi connectivity index (χ2n) is 9.66. The highest BCUT2D eigenvalue weighted by molar-refractivity contribution is 5.82. The van der Waals surface area contributed by atoms with Gasteiger partial charge >= 0.3 is 6.09 Å². The normalized spacial score (nSPS) is 19.4. The maximum absolute atomic E-state index is 13.4. The summed E-state index contributed by atoms with van der Waals surface area (Å²) in [6.45, 7) is 9.59. The first-order valence-electron chi connectivity index (χ1n) is 11.7. The highest BCUT2D eigenvalue weighted by atomic mass is 16.6. The molecular weight excluding hydrogens is 416 g/mol. The number of benzene rings is 2. The number of nitrogens with one attached hydrogen (secondary N) is 1. The molecule has 3 atom stereocenters. The molecule has 1 saturated heterocycles. The Morgan fingerprint density at radius 2 is 1.73 bits per heavy atom. The zero-order valence-corrected chi connectivity index (χ0v) is 20.1. The van der Waals surface area contributed by atoms with Crippen LogP contribution >= 0.6 is 0 Å². The summed E-state index contributed by atoms with van der Waals surface area (Å²) in [6, 6.07) is 20.1. The molecule has 6 nitrogen and oxygen atoms in total. The fraction of sp³-hybridized carbons (Fsp3) is 0.481. The molecular formula is C27H36N2O4. The maximum Gasteiger partial charge on any atom is 0.407 e.